The first kappa shape index (κ1) is 13.1. The predicted octanol–water partition coefficient (Wildman–Crippen LogP) is 3.30. The molecule has 14 heavy (non-hydrogen) atoms. The highest BCUT2D eigenvalue weighted by atomic mass is 32.2. The van der Waals surface area contributed by atoms with Gasteiger partial charge in [0.05, 0.1) is 5.25 Å². The van der Waals surface area contributed by atoms with Crippen LogP contribution in [0.1, 0.15) is 6.42 Å². The Hall–Kier alpha value is -0.890. The molecule has 0 rings (SSSR count). The molecule has 0 aliphatic rings. The van der Waals surface area contributed by atoms with Crippen LogP contribution in [0.25, 0.3) is 0 Å². The van der Waals surface area contributed by atoms with Crippen LogP contribution in [-0.4, -0.2) is 12.3 Å². The molecule has 0 spiro atoms. The van der Waals surface area contributed by atoms with E-state index in [1.54, 1.807) is 11.8 Å². The van der Waals surface area contributed by atoms with Crippen molar-refractivity contribution in [3.05, 3.63) is 55.5 Å². The molecule has 0 fully saturated rings. The SMILES string of the molecule is C=CCNC(=C)[C](CC=C)SCC=C. The lowest BCUT2D eigenvalue weighted by molar-refractivity contribution is 0.893. The van der Waals surface area contributed by atoms with Crippen molar-refractivity contribution in [2.75, 3.05) is 12.3 Å². The van der Waals surface area contributed by atoms with Crippen molar-refractivity contribution in [3.8, 4) is 0 Å². The number of nitrogens with one attached hydrogen (secondary N) is 1. The minimum absolute atomic E-state index is 0.744. The summed E-state index contributed by atoms with van der Waals surface area (Å²) in [6.07, 6.45) is 6.43. The minimum atomic E-state index is 0.744. The zero-order chi connectivity index (χ0) is 10.8. The van der Waals surface area contributed by atoms with Gasteiger partial charge in [0.15, 0.2) is 0 Å². The van der Waals surface area contributed by atoms with Gasteiger partial charge in [0.2, 0.25) is 0 Å². The summed E-state index contributed by atoms with van der Waals surface area (Å²) < 4.78 is 0. The predicted molar refractivity (Wildman–Crippen MR) is 68.1 cm³/mol. The van der Waals surface area contributed by atoms with E-state index in [0.29, 0.717) is 0 Å². The lowest BCUT2D eigenvalue weighted by Gasteiger charge is -2.16. The molecule has 0 aliphatic carbocycles. The Morgan fingerprint density at radius 2 is 1.86 bits per heavy atom. The van der Waals surface area contributed by atoms with E-state index in [-0.39, 0.29) is 0 Å². The molecule has 1 radical (unpaired) electrons. The van der Waals surface area contributed by atoms with E-state index in [0.717, 1.165) is 24.4 Å². The van der Waals surface area contributed by atoms with Gasteiger partial charge in [0.1, 0.15) is 0 Å². The smallest absolute Gasteiger partial charge is 0.0790 e. The highest BCUT2D eigenvalue weighted by molar-refractivity contribution is 8.02. The van der Waals surface area contributed by atoms with Crippen LogP contribution in [0, 0.1) is 5.25 Å². The summed E-state index contributed by atoms with van der Waals surface area (Å²) in [5.74, 6) is 0.901. The zero-order valence-corrected chi connectivity index (χ0v) is 9.41. The molecule has 0 aromatic heterocycles. The largest absolute Gasteiger partial charge is 0.384 e. The summed E-state index contributed by atoms with van der Waals surface area (Å²) in [5.41, 5.74) is 0.955. The van der Waals surface area contributed by atoms with Gasteiger partial charge in [0, 0.05) is 18.0 Å². The van der Waals surface area contributed by atoms with E-state index in [1.165, 1.54) is 5.25 Å². The van der Waals surface area contributed by atoms with Gasteiger partial charge < -0.3 is 5.32 Å². The Balaban J connectivity index is 4.01. The summed E-state index contributed by atoms with van der Waals surface area (Å²) in [7, 11) is 0. The summed E-state index contributed by atoms with van der Waals surface area (Å²) >= 11 is 1.74. The summed E-state index contributed by atoms with van der Waals surface area (Å²) in [4.78, 5) is 0. The van der Waals surface area contributed by atoms with Gasteiger partial charge in [-0.1, -0.05) is 24.8 Å². The molecule has 77 valence electrons. The van der Waals surface area contributed by atoms with Crippen molar-refractivity contribution in [3.63, 3.8) is 0 Å². The van der Waals surface area contributed by atoms with Crippen LogP contribution in [0.15, 0.2) is 50.2 Å². The molecule has 0 aliphatic heterocycles. The molecule has 0 saturated carbocycles. The highest BCUT2D eigenvalue weighted by Crippen LogP contribution is 2.28. The molecule has 0 aromatic rings. The molecule has 1 nitrogen and oxygen atoms in total. The molecule has 0 saturated heterocycles. The fraction of sp³-hybridized carbons (Fsp3) is 0.250. The molecule has 0 aromatic carbocycles. The highest BCUT2D eigenvalue weighted by Gasteiger charge is 2.10. The van der Waals surface area contributed by atoms with Crippen molar-refractivity contribution in [2.45, 2.75) is 6.42 Å². The van der Waals surface area contributed by atoms with Gasteiger partial charge in [-0.25, -0.2) is 0 Å². The normalized spacial score (nSPS) is 9.50. The molecular formula is C12H18NS. The Morgan fingerprint density at radius 3 is 2.36 bits per heavy atom. The third kappa shape index (κ3) is 5.70. The van der Waals surface area contributed by atoms with Gasteiger partial charge in [-0.15, -0.1) is 31.5 Å². The van der Waals surface area contributed by atoms with Crippen LogP contribution in [0.5, 0.6) is 0 Å². The van der Waals surface area contributed by atoms with Crippen LogP contribution >= 0.6 is 11.8 Å². The van der Waals surface area contributed by atoms with Crippen LogP contribution < -0.4 is 5.32 Å². The first-order valence-electron chi connectivity index (χ1n) is 4.50. The fourth-order valence-electron chi connectivity index (χ4n) is 0.854. The molecule has 0 amide bonds. The van der Waals surface area contributed by atoms with E-state index < -0.39 is 0 Å². The van der Waals surface area contributed by atoms with E-state index in [1.807, 2.05) is 18.2 Å². The number of rotatable bonds is 9. The average molecular weight is 208 g/mol. The number of thioether (sulfide) groups is 1. The van der Waals surface area contributed by atoms with Gasteiger partial charge in [-0.3, -0.25) is 0 Å². The minimum Gasteiger partial charge on any atom is -0.384 e. The molecule has 0 unspecified atom stereocenters. The molecule has 0 heterocycles. The Morgan fingerprint density at radius 1 is 1.14 bits per heavy atom. The maximum atomic E-state index is 3.97. The van der Waals surface area contributed by atoms with Crippen molar-refractivity contribution in [1.82, 2.24) is 5.32 Å². The standard InChI is InChI=1S/C12H18NS/c1-5-8-12(14-10-7-3)11(4)13-9-6-2/h5-7,13H,1-4,8-10H2. The Labute approximate surface area is 91.7 Å². The zero-order valence-electron chi connectivity index (χ0n) is 8.59. The molecule has 2 heteroatoms. The molecule has 0 bridgehead atoms. The maximum absolute atomic E-state index is 3.97. The summed E-state index contributed by atoms with van der Waals surface area (Å²) in [6.45, 7) is 15.8. The van der Waals surface area contributed by atoms with Crippen molar-refractivity contribution in [2.24, 2.45) is 0 Å². The van der Waals surface area contributed by atoms with Crippen LogP contribution in [0.2, 0.25) is 0 Å². The van der Waals surface area contributed by atoms with Crippen LogP contribution in [-0.2, 0) is 0 Å². The number of hydrogen-bond acceptors (Lipinski definition) is 2. The third-order valence-corrected chi connectivity index (χ3v) is 2.67. The van der Waals surface area contributed by atoms with E-state index in [9.17, 15) is 0 Å². The first-order chi connectivity index (χ1) is 6.76. The van der Waals surface area contributed by atoms with Gasteiger partial charge >= 0.3 is 0 Å². The summed E-state index contributed by atoms with van der Waals surface area (Å²) in [5, 5.41) is 4.38. The van der Waals surface area contributed by atoms with Gasteiger partial charge in [-0.05, 0) is 6.42 Å². The quantitative estimate of drug-likeness (QED) is 0.583. The maximum Gasteiger partial charge on any atom is 0.0790 e. The van der Waals surface area contributed by atoms with E-state index in [4.69, 9.17) is 0 Å². The second kappa shape index (κ2) is 8.70. The molecule has 0 atom stereocenters. The lowest BCUT2D eigenvalue weighted by atomic mass is 10.2. The lowest BCUT2D eigenvalue weighted by Crippen LogP contribution is -2.16. The molecule has 1 N–H and O–H groups in total. The second-order valence-electron chi connectivity index (χ2n) is 2.66. The van der Waals surface area contributed by atoms with Crippen molar-refractivity contribution < 1.29 is 0 Å². The monoisotopic (exact) mass is 208 g/mol. The molecular weight excluding hydrogens is 190 g/mol. The number of allylic oxidation sites excluding steroid dienone is 1. The van der Waals surface area contributed by atoms with Gasteiger partial charge in [-0.2, -0.15) is 0 Å². The average Bonchev–Trinajstić information content (AvgIpc) is 2.20. The Bertz CT molecular complexity index is 208. The van der Waals surface area contributed by atoms with Crippen LogP contribution in [0.3, 0.4) is 0 Å². The van der Waals surface area contributed by atoms with Gasteiger partial charge in [0.25, 0.3) is 0 Å². The van der Waals surface area contributed by atoms with Crippen molar-refractivity contribution in [1.29, 1.82) is 0 Å². The fourth-order valence-corrected chi connectivity index (χ4v) is 1.65. The Kier molecular flexibility index (Phi) is 8.14. The van der Waals surface area contributed by atoms with E-state index >= 15 is 0 Å². The number of hydrogen-bond donors (Lipinski definition) is 1. The second-order valence-corrected chi connectivity index (χ2v) is 3.78. The van der Waals surface area contributed by atoms with E-state index in [2.05, 4.69) is 31.6 Å². The first-order valence-corrected chi connectivity index (χ1v) is 5.49. The van der Waals surface area contributed by atoms with Crippen LogP contribution in [0.4, 0.5) is 0 Å². The summed E-state index contributed by atoms with van der Waals surface area (Å²) in [6, 6.07) is 0. The topological polar surface area (TPSA) is 12.0 Å². The van der Waals surface area contributed by atoms with Crippen molar-refractivity contribution >= 4 is 11.8 Å². The third-order valence-electron chi connectivity index (χ3n) is 1.50.